The van der Waals surface area contributed by atoms with Gasteiger partial charge in [0.2, 0.25) is 21.8 Å². The number of sulfonamides is 1. The number of rotatable bonds is 11. The number of nitrogens with one attached hydrogen (secondary N) is 1. The van der Waals surface area contributed by atoms with E-state index >= 15 is 0 Å². The first-order valence-electron chi connectivity index (χ1n) is 11.4. The van der Waals surface area contributed by atoms with Gasteiger partial charge in [0.25, 0.3) is 0 Å². The molecule has 10 heteroatoms. The van der Waals surface area contributed by atoms with E-state index in [1.807, 2.05) is 45.0 Å². The van der Waals surface area contributed by atoms with Gasteiger partial charge in [-0.2, -0.15) is 0 Å². The van der Waals surface area contributed by atoms with E-state index in [1.165, 1.54) is 11.0 Å². The van der Waals surface area contributed by atoms with Crippen molar-refractivity contribution in [1.29, 1.82) is 0 Å². The number of anilines is 1. The largest absolute Gasteiger partial charge is 0.354 e. The SMILES string of the molecule is CC[C@@H](C(=O)NCC(C)C)N(Cc1ccc(C)cc1)C(=O)CN(c1ccc(F)c(Cl)c1)S(C)(=O)=O. The molecule has 0 fully saturated rings. The Balaban J connectivity index is 2.43. The summed E-state index contributed by atoms with van der Waals surface area (Å²) in [7, 11) is -3.92. The molecule has 7 nitrogen and oxygen atoms in total. The lowest BCUT2D eigenvalue weighted by Gasteiger charge is -2.33. The van der Waals surface area contributed by atoms with Crippen molar-refractivity contribution in [2.45, 2.75) is 46.7 Å². The van der Waals surface area contributed by atoms with E-state index in [0.29, 0.717) is 13.0 Å². The average molecular weight is 526 g/mol. The second-order valence-electron chi connectivity index (χ2n) is 8.94. The summed E-state index contributed by atoms with van der Waals surface area (Å²) in [5.41, 5.74) is 1.90. The maximum Gasteiger partial charge on any atom is 0.244 e. The molecule has 2 aromatic rings. The van der Waals surface area contributed by atoms with Crippen LogP contribution in [0.25, 0.3) is 0 Å². The van der Waals surface area contributed by atoms with Crippen LogP contribution in [0.15, 0.2) is 42.5 Å². The Bertz CT molecular complexity index is 1140. The third-order valence-electron chi connectivity index (χ3n) is 5.41. The molecule has 0 spiro atoms. The van der Waals surface area contributed by atoms with Crippen LogP contribution in [0.1, 0.15) is 38.3 Å². The quantitative estimate of drug-likeness (QED) is 0.478. The molecule has 0 bridgehead atoms. The fraction of sp³-hybridized carbons (Fsp3) is 0.440. The van der Waals surface area contributed by atoms with Gasteiger partial charge in [-0.05, 0) is 43.0 Å². The highest BCUT2D eigenvalue weighted by Crippen LogP contribution is 2.25. The molecule has 0 saturated heterocycles. The van der Waals surface area contributed by atoms with Gasteiger partial charge in [0.05, 0.1) is 17.0 Å². The molecule has 0 aromatic heterocycles. The number of carbonyl (C=O) groups excluding carboxylic acids is 2. The van der Waals surface area contributed by atoms with E-state index in [4.69, 9.17) is 11.6 Å². The van der Waals surface area contributed by atoms with E-state index in [2.05, 4.69) is 5.32 Å². The average Bonchev–Trinajstić information content (AvgIpc) is 2.78. The Morgan fingerprint density at radius 2 is 1.74 bits per heavy atom. The van der Waals surface area contributed by atoms with Gasteiger partial charge in [-0.3, -0.25) is 13.9 Å². The van der Waals surface area contributed by atoms with Crippen molar-refractivity contribution in [3.05, 3.63) is 64.4 Å². The van der Waals surface area contributed by atoms with E-state index in [0.717, 1.165) is 33.8 Å². The van der Waals surface area contributed by atoms with Crippen LogP contribution in [0.3, 0.4) is 0 Å². The zero-order valence-electron chi connectivity index (χ0n) is 20.7. The van der Waals surface area contributed by atoms with Crippen molar-refractivity contribution in [2.75, 3.05) is 23.7 Å². The van der Waals surface area contributed by atoms with E-state index in [9.17, 15) is 22.4 Å². The molecule has 0 aliphatic heterocycles. The first kappa shape index (κ1) is 28.6. The minimum atomic E-state index is -3.92. The van der Waals surface area contributed by atoms with Gasteiger partial charge in [0.1, 0.15) is 18.4 Å². The summed E-state index contributed by atoms with van der Waals surface area (Å²) >= 11 is 5.86. The van der Waals surface area contributed by atoms with Crippen molar-refractivity contribution < 1.29 is 22.4 Å². The molecule has 0 aliphatic rings. The van der Waals surface area contributed by atoms with Crippen molar-refractivity contribution in [3.8, 4) is 0 Å². The molecular formula is C25H33ClFN3O4S. The van der Waals surface area contributed by atoms with Crippen LogP contribution in [0.4, 0.5) is 10.1 Å². The Morgan fingerprint density at radius 1 is 1.11 bits per heavy atom. The molecule has 35 heavy (non-hydrogen) atoms. The molecule has 2 rings (SSSR count). The van der Waals surface area contributed by atoms with Crippen LogP contribution in [0.2, 0.25) is 5.02 Å². The van der Waals surface area contributed by atoms with Gasteiger partial charge in [0, 0.05) is 13.1 Å². The molecular weight excluding hydrogens is 493 g/mol. The number of nitrogens with zero attached hydrogens (tertiary/aromatic N) is 2. The highest BCUT2D eigenvalue weighted by Gasteiger charge is 2.32. The minimum Gasteiger partial charge on any atom is -0.354 e. The Hall–Kier alpha value is -2.65. The predicted octanol–water partition coefficient (Wildman–Crippen LogP) is 4.13. The maximum absolute atomic E-state index is 13.7. The molecule has 0 saturated carbocycles. The maximum atomic E-state index is 13.7. The standard InChI is InChI=1S/C25H33ClFN3O4S/c1-6-23(25(32)28-14-17(2)3)29(15-19-9-7-18(4)8-10-19)24(31)16-30(35(5,33)34)20-11-12-22(27)21(26)13-20/h7-13,17,23H,6,14-16H2,1-5H3,(H,28,32)/t23-/m0/s1. The molecule has 0 radical (unpaired) electrons. The smallest absolute Gasteiger partial charge is 0.244 e. The van der Waals surface area contributed by atoms with Gasteiger partial charge in [-0.15, -0.1) is 0 Å². The summed E-state index contributed by atoms with van der Waals surface area (Å²) in [5.74, 6) is -1.36. The van der Waals surface area contributed by atoms with Crippen LogP contribution in [-0.2, 0) is 26.2 Å². The zero-order valence-corrected chi connectivity index (χ0v) is 22.3. The first-order valence-corrected chi connectivity index (χ1v) is 13.6. The van der Waals surface area contributed by atoms with E-state index in [-0.39, 0.29) is 29.1 Å². The zero-order chi connectivity index (χ0) is 26.3. The van der Waals surface area contributed by atoms with Crippen molar-refractivity contribution in [1.82, 2.24) is 10.2 Å². The summed E-state index contributed by atoms with van der Waals surface area (Å²) < 4.78 is 39.7. The van der Waals surface area contributed by atoms with Crippen LogP contribution in [0.5, 0.6) is 0 Å². The lowest BCUT2D eigenvalue weighted by atomic mass is 10.1. The number of hydrogen-bond acceptors (Lipinski definition) is 4. The predicted molar refractivity (Wildman–Crippen MR) is 137 cm³/mol. The third-order valence-corrected chi connectivity index (χ3v) is 6.84. The summed E-state index contributed by atoms with van der Waals surface area (Å²) in [5, 5.41) is 2.60. The summed E-state index contributed by atoms with van der Waals surface area (Å²) in [6.07, 6.45) is 1.29. The molecule has 1 atom stereocenters. The molecule has 0 unspecified atom stereocenters. The van der Waals surface area contributed by atoms with Crippen LogP contribution < -0.4 is 9.62 Å². The van der Waals surface area contributed by atoms with Crippen LogP contribution >= 0.6 is 11.6 Å². The Labute approximate surface area is 212 Å². The Morgan fingerprint density at radius 3 is 2.26 bits per heavy atom. The molecule has 0 heterocycles. The number of aryl methyl sites for hydroxylation is 1. The molecule has 1 N–H and O–H groups in total. The van der Waals surface area contributed by atoms with Crippen molar-refractivity contribution >= 4 is 39.1 Å². The lowest BCUT2D eigenvalue weighted by molar-refractivity contribution is -0.140. The van der Waals surface area contributed by atoms with Crippen LogP contribution in [-0.4, -0.2) is 50.5 Å². The number of carbonyl (C=O) groups is 2. The molecule has 2 aromatic carbocycles. The normalized spacial score (nSPS) is 12.3. The van der Waals surface area contributed by atoms with Gasteiger partial charge < -0.3 is 10.2 Å². The molecule has 2 amide bonds. The number of benzene rings is 2. The fourth-order valence-corrected chi connectivity index (χ4v) is 4.50. The highest BCUT2D eigenvalue weighted by atomic mass is 35.5. The molecule has 192 valence electrons. The summed E-state index contributed by atoms with van der Waals surface area (Å²) in [6.45, 7) is 7.67. The van der Waals surface area contributed by atoms with E-state index < -0.39 is 34.3 Å². The number of amides is 2. The fourth-order valence-electron chi connectivity index (χ4n) is 3.49. The number of hydrogen-bond donors (Lipinski definition) is 1. The second kappa shape index (κ2) is 12.4. The van der Waals surface area contributed by atoms with Crippen molar-refractivity contribution in [3.63, 3.8) is 0 Å². The highest BCUT2D eigenvalue weighted by molar-refractivity contribution is 7.92. The van der Waals surface area contributed by atoms with Gasteiger partial charge in [0.15, 0.2) is 0 Å². The monoisotopic (exact) mass is 525 g/mol. The van der Waals surface area contributed by atoms with E-state index in [1.54, 1.807) is 6.92 Å². The van der Waals surface area contributed by atoms with Gasteiger partial charge in [-0.1, -0.05) is 62.2 Å². The van der Waals surface area contributed by atoms with Gasteiger partial charge in [-0.25, -0.2) is 12.8 Å². The molecule has 0 aliphatic carbocycles. The number of halogens is 2. The first-order chi connectivity index (χ1) is 16.3. The topological polar surface area (TPSA) is 86.8 Å². The second-order valence-corrected chi connectivity index (χ2v) is 11.3. The minimum absolute atomic E-state index is 0.0554. The summed E-state index contributed by atoms with van der Waals surface area (Å²) in [4.78, 5) is 28.0. The summed E-state index contributed by atoms with van der Waals surface area (Å²) in [6, 6.07) is 10.2. The Kier molecular flexibility index (Phi) is 10.1. The van der Waals surface area contributed by atoms with Crippen LogP contribution in [0, 0.1) is 18.7 Å². The third kappa shape index (κ3) is 8.21. The van der Waals surface area contributed by atoms with Crippen molar-refractivity contribution in [2.24, 2.45) is 5.92 Å². The van der Waals surface area contributed by atoms with Gasteiger partial charge >= 0.3 is 0 Å². The lowest BCUT2D eigenvalue weighted by Crippen LogP contribution is -2.52.